The predicted octanol–water partition coefficient (Wildman–Crippen LogP) is 3.12. The number of rotatable bonds is 2. The molecule has 3 rings (SSSR count). The maximum atomic E-state index is 13.6. The number of hydrogen-bond donors (Lipinski definition) is 0. The van der Waals surface area contributed by atoms with Crippen LogP contribution >= 0.6 is 0 Å². The van der Waals surface area contributed by atoms with Gasteiger partial charge in [-0.2, -0.15) is 18.4 Å². The highest BCUT2D eigenvalue weighted by Gasteiger charge is 2.36. The second-order valence-electron chi connectivity index (χ2n) is 5.74. The first-order chi connectivity index (χ1) is 11.6. The van der Waals surface area contributed by atoms with Gasteiger partial charge in [-0.25, -0.2) is 8.42 Å². The van der Waals surface area contributed by atoms with E-state index < -0.39 is 21.8 Å². The van der Waals surface area contributed by atoms with Gasteiger partial charge in [0.1, 0.15) is 11.8 Å². The van der Waals surface area contributed by atoms with E-state index in [1.807, 2.05) is 6.07 Å². The van der Waals surface area contributed by atoms with Crippen molar-refractivity contribution in [3.8, 4) is 17.3 Å². The number of hydrogen-bond acceptors (Lipinski definition) is 3. The Morgan fingerprint density at radius 3 is 2.44 bits per heavy atom. The lowest BCUT2D eigenvalue weighted by molar-refractivity contribution is -0.137. The third-order valence-electron chi connectivity index (χ3n) is 4.21. The van der Waals surface area contributed by atoms with Crippen LogP contribution in [0.15, 0.2) is 30.3 Å². The zero-order valence-corrected chi connectivity index (χ0v) is 14.0. The third kappa shape index (κ3) is 2.98. The minimum absolute atomic E-state index is 0.00305. The number of nitriles is 1. The molecule has 0 N–H and O–H groups in total. The van der Waals surface area contributed by atoms with Gasteiger partial charge in [0.25, 0.3) is 0 Å². The van der Waals surface area contributed by atoms with Crippen LogP contribution in [0.2, 0.25) is 0 Å². The molecule has 0 amide bonds. The summed E-state index contributed by atoms with van der Waals surface area (Å²) in [6.45, 7) is 0.168. The van der Waals surface area contributed by atoms with Gasteiger partial charge >= 0.3 is 6.18 Å². The molecule has 0 saturated carbocycles. The molecule has 1 aromatic carbocycles. The molecule has 1 aromatic heterocycles. The number of alkyl halides is 3. The van der Waals surface area contributed by atoms with Gasteiger partial charge in [0.05, 0.1) is 17.0 Å². The summed E-state index contributed by atoms with van der Waals surface area (Å²) in [5, 5.41) is 8.99. The molecule has 0 aliphatic carbocycles. The van der Waals surface area contributed by atoms with E-state index in [0.29, 0.717) is 6.42 Å². The molecule has 132 valence electrons. The third-order valence-corrected chi connectivity index (χ3v) is 6.08. The molecule has 25 heavy (non-hydrogen) atoms. The fourth-order valence-corrected chi connectivity index (χ4v) is 4.53. The Bertz CT molecular complexity index is 971. The monoisotopic (exact) mass is 369 g/mol. The molecule has 0 spiro atoms. The summed E-state index contributed by atoms with van der Waals surface area (Å²) in [6.07, 6.45) is -4.28. The van der Waals surface area contributed by atoms with Crippen LogP contribution in [0, 0.1) is 11.3 Å². The summed E-state index contributed by atoms with van der Waals surface area (Å²) in [6, 6.07) is 8.26. The van der Waals surface area contributed by atoms with Crippen molar-refractivity contribution in [3.63, 3.8) is 0 Å². The van der Waals surface area contributed by atoms with Crippen LogP contribution in [-0.4, -0.2) is 25.3 Å². The minimum atomic E-state index is -4.66. The Balaban J connectivity index is 2.18. The van der Waals surface area contributed by atoms with E-state index in [1.165, 1.54) is 35.9 Å². The molecule has 1 fully saturated rings. The first-order valence-electron chi connectivity index (χ1n) is 7.43. The van der Waals surface area contributed by atoms with Gasteiger partial charge in [-0.15, -0.1) is 0 Å². The fraction of sp³-hybridized carbons (Fsp3) is 0.312. The summed E-state index contributed by atoms with van der Waals surface area (Å²) in [7, 11) is -2.06. The van der Waals surface area contributed by atoms with Crippen molar-refractivity contribution < 1.29 is 21.6 Å². The van der Waals surface area contributed by atoms with Gasteiger partial charge in [-0.3, -0.25) is 4.31 Å². The van der Waals surface area contributed by atoms with Crippen LogP contribution in [0.4, 0.5) is 18.9 Å². The predicted molar refractivity (Wildman–Crippen MR) is 86.3 cm³/mol. The number of halogens is 3. The zero-order chi connectivity index (χ0) is 18.4. The molecule has 2 heterocycles. The molecule has 0 bridgehead atoms. The van der Waals surface area contributed by atoms with E-state index >= 15 is 0 Å². The Labute approximate surface area is 143 Å². The SMILES string of the molecule is Cn1c(C#N)ccc1-c1ccc(N2CCCS2(=O)=O)cc1C(F)(F)F. The average molecular weight is 369 g/mol. The lowest BCUT2D eigenvalue weighted by Crippen LogP contribution is -2.25. The summed E-state index contributed by atoms with van der Waals surface area (Å²) in [5.41, 5.74) is -0.563. The van der Waals surface area contributed by atoms with Crippen molar-refractivity contribution in [2.24, 2.45) is 7.05 Å². The highest BCUT2D eigenvalue weighted by molar-refractivity contribution is 7.93. The van der Waals surface area contributed by atoms with Crippen LogP contribution in [0.1, 0.15) is 17.7 Å². The van der Waals surface area contributed by atoms with Crippen molar-refractivity contribution in [1.29, 1.82) is 5.26 Å². The van der Waals surface area contributed by atoms with Crippen LogP contribution in [0.5, 0.6) is 0 Å². The van der Waals surface area contributed by atoms with Gasteiger partial charge in [0, 0.05) is 24.8 Å². The van der Waals surface area contributed by atoms with E-state index in [9.17, 15) is 21.6 Å². The Kier molecular flexibility index (Phi) is 4.03. The number of benzene rings is 1. The highest BCUT2D eigenvalue weighted by atomic mass is 32.2. The number of sulfonamides is 1. The highest BCUT2D eigenvalue weighted by Crippen LogP contribution is 2.40. The van der Waals surface area contributed by atoms with Crippen molar-refractivity contribution in [2.45, 2.75) is 12.6 Å². The second-order valence-corrected chi connectivity index (χ2v) is 7.76. The van der Waals surface area contributed by atoms with Crippen molar-refractivity contribution in [2.75, 3.05) is 16.6 Å². The van der Waals surface area contributed by atoms with E-state index in [4.69, 9.17) is 5.26 Å². The summed E-state index contributed by atoms with van der Waals surface area (Å²) in [4.78, 5) is 0. The molecule has 1 saturated heterocycles. The maximum Gasteiger partial charge on any atom is 0.417 e. The lowest BCUT2D eigenvalue weighted by Gasteiger charge is -2.21. The number of anilines is 1. The maximum absolute atomic E-state index is 13.6. The molecule has 5 nitrogen and oxygen atoms in total. The van der Waals surface area contributed by atoms with Crippen LogP contribution in [0.3, 0.4) is 0 Å². The fourth-order valence-electron chi connectivity index (χ4n) is 2.97. The Hall–Kier alpha value is -2.47. The van der Waals surface area contributed by atoms with Gasteiger partial charge in [-0.1, -0.05) is 6.07 Å². The molecule has 1 aliphatic heterocycles. The summed E-state index contributed by atoms with van der Waals surface area (Å²) < 4.78 is 67.1. The van der Waals surface area contributed by atoms with Crippen LogP contribution < -0.4 is 4.31 Å². The molecular formula is C16H14F3N3O2S. The molecule has 9 heteroatoms. The van der Waals surface area contributed by atoms with Crippen LogP contribution in [-0.2, 0) is 23.2 Å². The second kappa shape index (κ2) is 5.81. The van der Waals surface area contributed by atoms with Crippen molar-refractivity contribution >= 4 is 15.7 Å². The first-order valence-corrected chi connectivity index (χ1v) is 9.04. The standard InChI is InChI=1S/C16H14F3N3O2S/c1-21-12(10-20)4-6-15(21)13-5-3-11(9-14(13)16(17,18)19)22-7-2-8-25(22,23)24/h3-6,9H,2,7-8H2,1H3. The molecular weight excluding hydrogens is 355 g/mol. The van der Waals surface area contributed by atoms with Gasteiger partial charge < -0.3 is 4.57 Å². The van der Waals surface area contributed by atoms with E-state index in [2.05, 4.69) is 0 Å². The lowest BCUT2D eigenvalue weighted by atomic mass is 10.0. The van der Waals surface area contributed by atoms with E-state index in [1.54, 1.807) is 0 Å². The summed E-state index contributed by atoms with van der Waals surface area (Å²) >= 11 is 0. The van der Waals surface area contributed by atoms with Crippen LogP contribution in [0.25, 0.3) is 11.3 Å². The van der Waals surface area contributed by atoms with Gasteiger partial charge in [0.15, 0.2) is 0 Å². The minimum Gasteiger partial charge on any atom is -0.335 e. The normalized spacial score (nSPS) is 16.8. The molecule has 2 aromatic rings. The largest absolute Gasteiger partial charge is 0.417 e. The van der Waals surface area contributed by atoms with E-state index in [0.717, 1.165) is 10.4 Å². The van der Waals surface area contributed by atoms with Gasteiger partial charge in [0.2, 0.25) is 10.0 Å². The van der Waals surface area contributed by atoms with Crippen molar-refractivity contribution in [1.82, 2.24) is 4.57 Å². The quantitative estimate of drug-likeness (QED) is 0.817. The Morgan fingerprint density at radius 2 is 1.92 bits per heavy atom. The molecule has 0 unspecified atom stereocenters. The van der Waals surface area contributed by atoms with E-state index in [-0.39, 0.29) is 34.9 Å². The van der Waals surface area contributed by atoms with Crippen molar-refractivity contribution in [3.05, 3.63) is 41.6 Å². The molecule has 1 aliphatic rings. The zero-order valence-electron chi connectivity index (χ0n) is 13.2. The number of aromatic nitrogens is 1. The number of nitrogens with zero attached hydrogens (tertiary/aromatic N) is 3. The molecule has 0 atom stereocenters. The average Bonchev–Trinajstić information content (AvgIpc) is 3.07. The first kappa shape index (κ1) is 17.4. The smallest absolute Gasteiger partial charge is 0.335 e. The van der Waals surface area contributed by atoms with Gasteiger partial charge in [-0.05, 0) is 30.7 Å². The summed E-state index contributed by atoms with van der Waals surface area (Å²) in [5.74, 6) is -0.0700. The molecule has 0 radical (unpaired) electrons. The Morgan fingerprint density at radius 1 is 1.20 bits per heavy atom. The topological polar surface area (TPSA) is 66.1 Å².